The van der Waals surface area contributed by atoms with E-state index in [0.29, 0.717) is 40.7 Å². The van der Waals surface area contributed by atoms with Gasteiger partial charge in [0.15, 0.2) is 0 Å². The molecule has 200 valence electrons. The van der Waals surface area contributed by atoms with Crippen molar-refractivity contribution in [1.29, 1.82) is 0 Å². The van der Waals surface area contributed by atoms with Crippen LogP contribution in [0, 0.1) is 17.0 Å². The van der Waals surface area contributed by atoms with Gasteiger partial charge in [0.2, 0.25) is 10.0 Å². The van der Waals surface area contributed by atoms with E-state index in [9.17, 15) is 35.2 Å². The first kappa shape index (κ1) is 26.0. The van der Waals surface area contributed by atoms with Crippen molar-refractivity contribution in [2.75, 3.05) is 20.2 Å². The standard InChI is InChI=1S/C25H20F5N3O4S/c1-37-23(34)24-12-15-13-31-33(18-4-2-17(26)3-5-18)22(15)10-16(24)8-9-32(14-24)38(35,36)19-6-7-20(21(27)11-19)25(28,29)30/h2-7,10-11,13H,8-9,12,14H2,1H3/t24-/m0/s1. The Labute approximate surface area is 214 Å². The number of halogens is 5. The molecule has 5 rings (SSSR count). The van der Waals surface area contributed by atoms with E-state index in [1.807, 2.05) is 0 Å². The van der Waals surface area contributed by atoms with Gasteiger partial charge in [0.1, 0.15) is 17.0 Å². The summed E-state index contributed by atoms with van der Waals surface area (Å²) in [5.74, 6) is -2.82. The highest BCUT2D eigenvalue weighted by Gasteiger charge is 2.52. The summed E-state index contributed by atoms with van der Waals surface area (Å²) in [4.78, 5) is 12.5. The molecule has 2 aliphatic rings. The minimum atomic E-state index is -4.98. The highest BCUT2D eigenvalue weighted by Crippen LogP contribution is 2.46. The van der Waals surface area contributed by atoms with Crippen molar-refractivity contribution in [2.24, 2.45) is 5.41 Å². The van der Waals surface area contributed by atoms with Crippen LogP contribution in [0.25, 0.3) is 11.8 Å². The van der Waals surface area contributed by atoms with Gasteiger partial charge in [0.05, 0.1) is 35.1 Å². The van der Waals surface area contributed by atoms with Crippen molar-refractivity contribution in [1.82, 2.24) is 14.1 Å². The normalized spacial score (nSPS) is 19.9. The van der Waals surface area contributed by atoms with Gasteiger partial charge in [-0.25, -0.2) is 21.9 Å². The molecule has 0 radical (unpaired) electrons. The number of methoxy groups -OCH3 is 1. The second-order valence-electron chi connectivity index (χ2n) is 9.09. The maximum atomic E-state index is 14.2. The van der Waals surface area contributed by atoms with E-state index in [4.69, 9.17) is 4.74 Å². The molecular formula is C25H20F5N3O4S. The van der Waals surface area contributed by atoms with E-state index in [1.165, 1.54) is 25.4 Å². The number of rotatable bonds is 4. The monoisotopic (exact) mass is 553 g/mol. The molecule has 13 heteroatoms. The quantitative estimate of drug-likeness (QED) is 0.354. The third-order valence-electron chi connectivity index (χ3n) is 6.91. The summed E-state index contributed by atoms with van der Waals surface area (Å²) in [7, 11) is -3.29. The first-order chi connectivity index (χ1) is 17.9. The average molecular weight is 554 g/mol. The van der Waals surface area contributed by atoms with Gasteiger partial charge < -0.3 is 4.74 Å². The van der Waals surface area contributed by atoms with Gasteiger partial charge in [0, 0.05) is 13.1 Å². The van der Waals surface area contributed by atoms with Crippen molar-refractivity contribution in [3.05, 3.63) is 82.7 Å². The molecule has 38 heavy (non-hydrogen) atoms. The smallest absolute Gasteiger partial charge is 0.419 e. The first-order valence-corrected chi connectivity index (χ1v) is 12.8. The van der Waals surface area contributed by atoms with Crippen molar-refractivity contribution in [3.8, 4) is 5.69 Å². The highest BCUT2D eigenvalue weighted by molar-refractivity contribution is 7.89. The molecule has 2 aromatic carbocycles. The molecule has 3 aromatic rings. The number of esters is 1. The number of ether oxygens (including phenoxy) is 1. The fraction of sp³-hybridized carbons (Fsp3) is 0.280. The predicted octanol–water partition coefficient (Wildman–Crippen LogP) is 4.36. The van der Waals surface area contributed by atoms with E-state index in [2.05, 4.69) is 5.10 Å². The molecule has 0 saturated carbocycles. The number of carbonyl (C=O) groups is 1. The Bertz CT molecular complexity index is 1560. The summed E-state index contributed by atoms with van der Waals surface area (Å²) in [5, 5.41) is 4.36. The molecule has 0 bridgehead atoms. The van der Waals surface area contributed by atoms with Crippen LogP contribution < -0.4 is 0 Å². The van der Waals surface area contributed by atoms with Crippen LogP contribution in [0.15, 0.2) is 59.1 Å². The number of sulfonamides is 1. The van der Waals surface area contributed by atoms with Crippen LogP contribution in [0.1, 0.15) is 23.2 Å². The number of fused-ring (bicyclic) bond motifs is 2. The number of nitrogens with zero attached hydrogens (tertiary/aromatic N) is 3. The maximum absolute atomic E-state index is 14.2. The summed E-state index contributed by atoms with van der Waals surface area (Å²) in [6.07, 6.45) is -1.59. The largest absolute Gasteiger partial charge is 0.468 e. The lowest BCUT2D eigenvalue weighted by molar-refractivity contribution is -0.151. The Morgan fingerprint density at radius 2 is 1.82 bits per heavy atom. The lowest BCUT2D eigenvalue weighted by Crippen LogP contribution is -2.53. The Hall–Kier alpha value is -3.58. The van der Waals surface area contributed by atoms with E-state index < -0.39 is 49.7 Å². The zero-order chi connectivity index (χ0) is 27.5. The topological polar surface area (TPSA) is 81.5 Å². The summed E-state index contributed by atoms with van der Waals surface area (Å²) >= 11 is 0. The SMILES string of the molecule is COC(=O)[C@]12Cc3cnn(-c4ccc(F)cc4)c3C=C1CCN(S(=O)(=O)c1ccc(C(F)(F)F)c(F)c1)C2. The van der Waals surface area contributed by atoms with Crippen molar-refractivity contribution in [2.45, 2.75) is 23.9 Å². The number of benzene rings is 2. The molecular weight excluding hydrogens is 533 g/mol. The molecule has 1 aromatic heterocycles. The molecule has 1 fully saturated rings. The zero-order valence-corrected chi connectivity index (χ0v) is 20.6. The van der Waals surface area contributed by atoms with Gasteiger partial charge >= 0.3 is 12.1 Å². The van der Waals surface area contributed by atoms with Crippen LogP contribution in [0.3, 0.4) is 0 Å². The first-order valence-electron chi connectivity index (χ1n) is 11.4. The third-order valence-corrected chi connectivity index (χ3v) is 8.75. The van der Waals surface area contributed by atoms with Crippen molar-refractivity contribution < 1.29 is 39.9 Å². The van der Waals surface area contributed by atoms with Crippen LogP contribution in [-0.2, 0) is 32.2 Å². The van der Waals surface area contributed by atoms with Gasteiger partial charge in [-0.2, -0.15) is 22.6 Å². The number of piperidine rings is 1. The highest BCUT2D eigenvalue weighted by atomic mass is 32.2. The van der Waals surface area contributed by atoms with Gasteiger partial charge in [-0.1, -0.05) is 0 Å². The van der Waals surface area contributed by atoms with Crippen LogP contribution in [0.5, 0.6) is 0 Å². The molecule has 0 N–H and O–H groups in total. The minimum Gasteiger partial charge on any atom is -0.468 e. The maximum Gasteiger partial charge on any atom is 0.419 e. The van der Waals surface area contributed by atoms with Crippen LogP contribution >= 0.6 is 0 Å². The van der Waals surface area contributed by atoms with Crippen LogP contribution in [0.4, 0.5) is 22.0 Å². The zero-order valence-electron chi connectivity index (χ0n) is 19.8. The summed E-state index contributed by atoms with van der Waals surface area (Å²) in [5.41, 5.74) is -0.571. The minimum absolute atomic E-state index is 0.0371. The van der Waals surface area contributed by atoms with Gasteiger partial charge in [-0.15, -0.1) is 0 Å². The molecule has 0 amide bonds. The van der Waals surface area contributed by atoms with Crippen molar-refractivity contribution >= 4 is 22.1 Å². The fourth-order valence-electron chi connectivity index (χ4n) is 5.01. The molecule has 1 atom stereocenters. The summed E-state index contributed by atoms with van der Waals surface area (Å²) in [6.45, 7) is -0.465. The molecule has 1 saturated heterocycles. The Morgan fingerprint density at radius 1 is 1.11 bits per heavy atom. The molecule has 7 nitrogen and oxygen atoms in total. The molecule has 1 aliphatic heterocycles. The lowest BCUT2D eigenvalue weighted by atomic mass is 9.69. The van der Waals surface area contributed by atoms with Gasteiger partial charge in [-0.3, -0.25) is 4.79 Å². The Kier molecular flexibility index (Phi) is 6.18. The molecule has 0 spiro atoms. The predicted molar refractivity (Wildman–Crippen MR) is 124 cm³/mol. The van der Waals surface area contributed by atoms with E-state index >= 15 is 0 Å². The van der Waals surface area contributed by atoms with Crippen LogP contribution in [-0.4, -0.2) is 48.7 Å². The van der Waals surface area contributed by atoms with E-state index in [0.717, 1.165) is 4.31 Å². The fourth-order valence-corrected chi connectivity index (χ4v) is 6.52. The van der Waals surface area contributed by atoms with E-state index in [1.54, 1.807) is 22.9 Å². The average Bonchev–Trinajstić information content (AvgIpc) is 3.28. The number of alkyl halides is 3. The molecule has 2 heterocycles. The Morgan fingerprint density at radius 3 is 2.45 bits per heavy atom. The number of hydrogen-bond acceptors (Lipinski definition) is 5. The third kappa shape index (κ3) is 4.19. The number of hydrogen-bond donors (Lipinski definition) is 0. The second kappa shape index (κ2) is 9.02. The lowest BCUT2D eigenvalue weighted by Gasteiger charge is -2.43. The number of aromatic nitrogens is 2. The summed E-state index contributed by atoms with van der Waals surface area (Å²) < 4.78 is 101. The van der Waals surface area contributed by atoms with Crippen LogP contribution in [0.2, 0.25) is 0 Å². The molecule has 1 aliphatic carbocycles. The second-order valence-corrected chi connectivity index (χ2v) is 11.0. The van der Waals surface area contributed by atoms with Gasteiger partial charge in [0.25, 0.3) is 0 Å². The Balaban J connectivity index is 1.52. The summed E-state index contributed by atoms with van der Waals surface area (Å²) in [6, 6.07) is 7.06. The molecule has 0 unspecified atom stereocenters. The van der Waals surface area contributed by atoms with E-state index in [-0.39, 0.29) is 25.9 Å². The number of carbonyl (C=O) groups excluding carboxylic acids is 1. The van der Waals surface area contributed by atoms with Gasteiger partial charge in [-0.05, 0) is 72.5 Å². The van der Waals surface area contributed by atoms with Crippen molar-refractivity contribution in [3.63, 3.8) is 0 Å².